The molecule has 3 rings (SSSR count). The predicted molar refractivity (Wildman–Crippen MR) is 87.4 cm³/mol. The average molecular weight is 291 g/mol. The number of nitrogens with one attached hydrogen (secondary N) is 1. The highest BCUT2D eigenvalue weighted by molar-refractivity contribution is 6.04. The fraction of sp³-hybridized carbons (Fsp3) is 0.111. The Labute approximate surface area is 129 Å². The lowest BCUT2D eigenvalue weighted by molar-refractivity contribution is 0.102. The minimum atomic E-state index is -0.160. The Kier molecular flexibility index (Phi) is 3.74. The minimum Gasteiger partial charge on any atom is -0.322 e. The van der Waals surface area contributed by atoms with E-state index in [0.29, 0.717) is 5.56 Å². The molecule has 0 fully saturated rings. The van der Waals surface area contributed by atoms with Crippen molar-refractivity contribution in [3.63, 3.8) is 0 Å². The molecule has 0 radical (unpaired) electrons. The summed E-state index contributed by atoms with van der Waals surface area (Å²) >= 11 is 0. The SMILES string of the molecule is Cc1cc(C)cc(NC(=O)c2cnn(-c3ccccc3)c2)c1. The molecule has 4 nitrogen and oxygen atoms in total. The molecule has 0 aliphatic heterocycles. The number of hydrogen-bond acceptors (Lipinski definition) is 2. The van der Waals surface area contributed by atoms with E-state index in [-0.39, 0.29) is 5.91 Å². The van der Waals surface area contributed by atoms with Crippen LogP contribution < -0.4 is 5.32 Å². The van der Waals surface area contributed by atoms with Gasteiger partial charge in [0.15, 0.2) is 0 Å². The van der Waals surface area contributed by atoms with Gasteiger partial charge in [-0.05, 0) is 49.2 Å². The lowest BCUT2D eigenvalue weighted by atomic mass is 10.1. The van der Waals surface area contributed by atoms with Crippen LogP contribution in [0.1, 0.15) is 21.5 Å². The van der Waals surface area contributed by atoms with Gasteiger partial charge in [-0.25, -0.2) is 4.68 Å². The molecule has 0 bridgehead atoms. The number of nitrogens with zero attached hydrogens (tertiary/aromatic N) is 2. The van der Waals surface area contributed by atoms with Crippen molar-refractivity contribution < 1.29 is 4.79 Å². The Morgan fingerprint density at radius 1 is 1.05 bits per heavy atom. The van der Waals surface area contributed by atoms with Gasteiger partial charge in [-0.2, -0.15) is 5.10 Å². The van der Waals surface area contributed by atoms with Crippen molar-refractivity contribution in [1.82, 2.24) is 9.78 Å². The van der Waals surface area contributed by atoms with Crippen LogP contribution in [-0.4, -0.2) is 15.7 Å². The Bertz CT molecular complexity index is 786. The number of carbonyl (C=O) groups excluding carboxylic acids is 1. The van der Waals surface area contributed by atoms with Crippen molar-refractivity contribution in [3.05, 3.63) is 77.6 Å². The molecule has 1 heterocycles. The van der Waals surface area contributed by atoms with Crippen molar-refractivity contribution >= 4 is 11.6 Å². The fourth-order valence-electron chi connectivity index (χ4n) is 2.41. The van der Waals surface area contributed by atoms with E-state index in [0.717, 1.165) is 22.5 Å². The monoisotopic (exact) mass is 291 g/mol. The molecule has 0 saturated carbocycles. The van der Waals surface area contributed by atoms with E-state index in [2.05, 4.69) is 16.5 Å². The van der Waals surface area contributed by atoms with Crippen molar-refractivity contribution in [1.29, 1.82) is 0 Å². The predicted octanol–water partition coefficient (Wildman–Crippen LogP) is 3.74. The third kappa shape index (κ3) is 3.06. The summed E-state index contributed by atoms with van der Waals surface area (Å²) in [6.07, 6.45) is 3.30. The second-order valence-corrected chi connectivity index (χ2v) is 5.34. The number of aryl methyl sites for hydroxylation is 2. The quantitative estimate of drug-likeness (QED) is 0.799. The molecular weight excluding hydrogens is 274 g/mol. The highest BCUT2D eigenvalue weighted by Gasteiger charge is 2.10. The summed E-state index contributed by atoms with van der Waals surface area (Å²) in [5, 5.41) is 7.15. The van der Waals surface area contributed by atoms with Gasteiger partial charge in [0.2, 0.25) is 0 Å². The third-order valence-electron chi connectivity index (χ3n) is 3.35. The summed E-state index contributed by atoms with van der Waals surface area (Å²) < 4.78 is 1.69. The second kappa shape index (κ2) is 5.85. The van der Waals surface area contributed by atoms with Crippen LogP contribution in [0.4, 0.5) is 5.69 Å². The summed E-state index contributed by atoms with van der Waals surface area (Å²) in [6.45, 7) is 4.02. The first-order valence-corrected chi connectivity index (χ1v) is 7.11. The molecule has 3 aromatic rings. The number of hydrogen-bond donors (Lipinski definition) is 1. The van der Waals surface area contributed by atoms with Gasteiger partial charge in [0.05, 0.1) is 17.4 Å². The standard InChI is InChI=1S/C18H17N3O/c1-13-8-14(2)10-16(9-13)20-18(22)15-11-19-21(12-15)17-6-4-3-5-7-17/h3-12H,1-2H3,(H,20,22). The maximum absolute atomic E-state index is 12.3. The van der Waals surface area contributed by atoms with Gasteiger partial charge in [0, 0.05) is 11.9 Å². The summed E-state index contributed by atoms with van der Waals surface area (Å²) in [5.74, 6) is -0.160. The van der Waals surface area contributed by atoms with Crippen molar-refractivity contribution in [3.8, 4) is 5.69 Å². The number of benzene rings is 2. The van der Waals surface area contributed by atoms with Crippen LogP contribution >= 0.6 is 0 Å². The van der Waals surface area contributed by atoms with Crippen LogP contribution in [0, 0.1) is 13.8 Å². The molecule has 0 saturated heterocycles. The molecule has 0 aliphatic rings. The Hall–Kier alpha value is -2.88. The average Bonchev–Trinajstić information content (AvgIpc) is 2.97. The van der Waals surface area contributed by atoms with Crippen LogP contribution in [0.15, 0.2) is 60.9 Å². The van der Waals surface area contributed by atoms with Crippen molar-refractivity contribution in [2.24, 2.45) is 0 Å². The van der Waals surface area contributed by atoms with Gasteiger partial charge in [-0.1, -0.05) is 24.3 Å². The van der Waals surface area contributed by atoms with E-state index in [9.17, 15) is 4.79 Å². The zero-order valence-electron chi connectivity index (χ0n) is 12.6. The Morgan fingerprint density at radius 2 is 1.73 bits per heavy atom. The highest BCUT2D eigenvalue weighted by atomic mass is 16.1. The molecule has 1 N–H and O–H groups in total. The minimum absolute atomic E-state index is 0.160. The summed E-state index contributed by atoms with van der Waals surface area (Å²) in [5.41, 5.74) is 4.50. The van der Waals surface area contributed by atoms with Crippen LogP contribution in [0.25, 0.3) is 5.69 Å². The lowest BCUT2D eigenvalue weighted by Crippen LogP contribution is -2.11. The topological polar surface area (TPSA) is 46.9 Å². The fourth-order valence-corrected chi connectivity index (χ4v) is 2.41. The zero-order valence-corrected chi connectivity index (χ0v) is 12.6. The molecule has 1 amide bonds. The highest BCUT2D eigenvalue weighted by Crippen LogP contribution is 2.15. The lowest BCUT2D eigenvalue weighted by Gasteiger charge is -2.06. The molecule has 0 aliphatic carbocycles. The maximum atomic E-state index is 12.3. The van der Waals surface area contributed by atoms with Gasteiger partial charge in [0.25, 0.3) is 5.91 Å². The van der Waals surface area contributed by atoms with E-state index in [1.807, 2.05) is 56.3 Å². The summed E-state index contributed by atoms with van der Waals surface area (Å²) in [4.78, 5) is 12.3. The number of aromatic nitrogens is 2. The molecule has 1 aromatic heterocycles. The number of carbonyl (C=O) groups is 1. The second-order valence-electron chi connectivity index (χ2n) is 5.34. The van der Waals surface area contributed by atoms with Crippen molar-refractivity contribution in [2.75, 3.05) is 5.32 Å². The molecule has 2 aromatic carbocycles. The van der Waals surface area contributed by atoms with Crippen LogP contribution in [-0.2, 0) is 0 Å². The van der Waals surface area contributed by atoms with E-state index < -0.39 is 0 Å². The first kappa shape index (κ1) is 14.1. The van der Waals surface area contributed by atoms with E-state index in [1.54, 1.807) is 17.1 Å². The van der Waals surface area contributed by atoms with Crippen molar-refractivity contribution in [2.45, 2.75) is 13.8 Å². The van der Waals surface area contributed by atoms with Gasteiger partial charge in [0.1, 0.15) is 0 Å². The summed E-state index contributed by atoms with van der Waals surface area (Å²) in [7, 11) is 0. The molecule has 110 valence electrons. The van der Waals surface area contributed by atoms with Crippen LogP contribution in [0.3, 0.4) is 0 Å². The van der Waals surface area contributed by atoms with Crippen LogP contribution in [0.5, 0.6) is 0 Å². The van der Waals surface area contributed by atoms with Gasteiger partial charge >= 0.3 is 0 Å². The molecule has 0 atom stereocenters. The molecule has 0 spiro atoms. The van der Waals surface area contributed by atoms with E-state index in [1.165, 1.54) is 0 Å². The first-order valence-electron chi connectivity index (χ1n) is 7.11. The number of amides is 1. The van der Waals surface area contributed by atoms with Gasteiger partial charge in [-0.15, -0.1) is 0 Å². The van der Waals surface area contributed by atoms with E-state index >= 15 is 0 Å². The maximum Gasteiger partial charge on any atom is 0.258 e. The molecule has 4 heteroatoms. The zero-order chi connectivity index (χ0) is 15.5. The largest absolute Gasteiger partial charge is 0.322 e. The molecule has 22 heavy (non-hydrogen) atoms. The smallest absolute Gasteiger partial charge is 0.258 e. The first-order chi connectivity index (χ1) is 10.6. The Morgan fingerprint density at radius 3 is 2.41 bits per heavy atom. The summed E-state index contributed by atoms with van der Waals surface area (Å²) in [6, 6.07) is 15.7. The third-order valence-corrected chi connectivity index (χ3v) is 3.35. The molecule has 0 unspecified atom stereocenters. The number of rotatable bonds is 3. The van der Waals surface area contributed by atoms with Crippen LogP contribution in [0.2, 0.25) is 0 Å². The number of anilines is 1. The van der Waals surface area contributed by atoms with E-state index in [4.69, 9.17) is 0 Å². The normalized spacial score (nSPS) is 10.5. The number of para-hydroxylation sites is 1. The van der Waals surface area contributed by atoms with Gasteiger partial charge < -0.3 is 5.32 Å². The van der Waals surface area contributed by atoms with Gasteiger partial charge in [-0.3, -0.25) is 4.79 Å². The molecular formula is C18H17N3O. The Balaban J connectivity index is 1.80.